The number of hydrogen-bond acceptors (Lipinski definition) is 5. The number of nitrogens with two attached hydrogens (primary N) is 1. The zero-order valence-corrected chi connectivity index (χ0v) is 12.6. The second kappa shape index (κ2) is 6.24. The fraction of sp³-hybridized carbons (Fsp3) is 0.533. The molecule has 0 aliphatic carbocycles. The summed E-state index contributed by atoms with van der Waals surface area (Å²) in [7, 11) is 2.03. The maximum absolute atomic E-state index is 6.27. The molecule has 0 saturated carbocycles. The molecule has 2 N–H and O–H groups in total. The number of nitrogens with zero attached hydrogens (tertiary/aromatic N) is 2. The Morgan fingerprint density at radius 2 is 2.05 bits per heavy atom. The normalized spacial score (nSPS) is 14.7. The molecule has 0 aliphatic rings. The van der Waals surface area contributed by atoms with E-state index >= 15 is 0 Å². The molecule has 2 heterocycles. The monoisotopic (exact) mass is 277 g/mol. The van der Waals surface area contributed by atoms with Gasteiger partial charge < -0.3 is 14.7 Å². The van der Waals surface area contributed by atoms with Crippen LogP contribution in [0.2, 0.25) is 0 Å². The first kappa shape index (κ1) is 14.8. The third kappa shape index (κ3) is 3.29. The van der Waals surface area contributed by atoms with Gasteiger partial charge >= 0.3 is 0 Å². The summed E-state index contributed by atoms with van der Waals surface area (Å²) < 4.78 is 10.9. The van der Waals surface area contributed by atoms with Crippen molar-refractivity contribution in [2.45, 2.75) is 45.8 Å². The molecule has 5 heteroatoms. The highest BCUT2D eigenvalue weighted by Crippen LogP contribution is 2.27. The highest BCUT2D eigenvalue weighted by molar-refractivity contribution is 5.13. The van der Waals surface area contributed by atoms with Crippen molar-refractivity contribution in [1.82, 2.24) is 10.1 Å². The molecule has 2 atom stereocenters. The van der Waals surface area contributed by atoms with Gasteiger partial charge in [-0.1, -0.05) is 12.1 Å². The lowest BCUT2D eigenvalue weighted by molar-refractivity contribution is 0.170. The molecule has 110 valence electrons. The molecule has 0 spiro atoms. The second-order valence-corrected chi connectivity index (χ2v) is 5.31. The topological polar surface area (TPSA) is 68.4 Å². The van der Waals surface area contributed by atoms with Crippen LogP contribution in [-0.2, 0) is 6.54 Å². The summed E-state index contributed by atoms with van der Waals surface area (Å²) >= 11 is 0. The highest BCUT2D eigenvalue weighted by atomic mass is 16.5. The van der Waals surface area contributed by atoms with Crippen LogP contribution in [0.3, 0.4) is 0 Å². The molecule has 0 aliphatic heterocycles. The average Bonchev–Trinajstić information content (AvgIpc) is 2.99. The van der Waals surface area contributed by atoms with E-state index in [4.69, 9.17) is 14.7 Å². The third-order valence-electron chi connectivity index (χ3n) is 3.49. The smallest absolute Gasteiger partial charge is 0.133 e. The Hall–Kier alpha value is -1.59. The largest absolute Gasteiger partial charge is 0.465 e. The Morgan fingerprint density at radius 3 is 2.55 bits per heavy atom. The van der Waals surface area contributed by atoms with Gasteiger partial charge in [-0.15, -0.1) is 0 Å². The summed E-state index contributed by atoms with van der Waals surface area (Å²) in [6, 6.07) is 5.96. The molecule has 5 nitrogen and oxygen atoms in total. The van der Waals surface area contributed by atoms with Crippen molar-refractivity contribution in [3.8, 4) is 0 Å². The maximum atomic E-state index is 6.27. The Kier molecular flexibility index (Phi) is 4.62. The third-order valence-corrected chi connectivity index (χ3v) is 3.49. The molecule has 0 bridgehead atoms. The van der Waals surface area contributed by atoms with Crippen molar-refractivity contribution in [2.75, 3.05) is 7.05 Å². The Balaban J connectivity index is 2.17. The minimum Gasteiger partial charge on any atom is -0.465 e. The molecule has 0 amide bonds. The van der Waals surface area contributed by atoms with Crippen molar-refractivity contribution in [3.05, 3.63) is 41.2 Å². The molecule has 2 rings (SSSR count). The predicted molar refractivity (Wildman–Crippen MR) is 77.2 cm³/mol. The van der Waals surface area contributed by atoms with Crippen molar-refractivity contribution < 1.29 is 8.94 Å². The van der Waals surface area contributed by atoms with Crippen LogP contribution in [0.15, 0.2) is 27.1 Å². The Morgan fingerprint density at radius 1 is 1.30 bits per heavy atom. The molecule has 20 heavy (non-hydrogen) atoms. The van der Waals surface area contributed by atoms with Crippen LogP contribution in [0, 0.1) is 13.8 Å². The molecule has 0 fully saturated rings. The molecule has 2 aromatic heterocycles. The van der Waals surface area contributed by atoms with Gasteiger partial charge in [0.2, 0.25) is 0 Å². The van der Waals surface area contributed by atoms with Crippen LogP contribution >= 0.6 is 0 Å². The molecule has 0 aromatic carbocycles. The van der Waals surface area contributed by atoms with E-state index in [0.29, 0.717) is 6.54 Å². The zero-order chi connectivity index (χ0) is 14.7. The lowest BCUT2D eigenvalue weighted by Crippen LogP contribution is -2.38. The summed E-state index contributed by atoms with van der Waals surface area (Å²) in [5, 5.41) is 4.03. The van der Waals surface area contributed by atoms with Gasteiger partial charge in [-0.2, -0.15) is 0 Å². The van der Waals surface area contributed by atoms with E-state index < -0.39 is 0 Å². The lowest BCUT2D eigenvalue weighted by Gasteiger charge is -2.30. The van der Waals surface area contributed by atoms with Gasteiger partial charge in [0, 0.05) is 18.7 Å². The first-order valence-corrected chi connectivity index (χ1v) is 6.95. The van der Waals surface area contributed by atoms with Gasteiger partial charge in [0.05, 0.1) is 11.7 Å². The minimum absolute atomic E-state index is 0.0125. The number of furan rings is 1. The molecule has 0 saturated heterocycles. The summed E-state index contributed by atoms with van der Waals surface area (Å²) in [6.45, 7) is 6.59. The van der Waals surface area contributed by atoms with E-state index in [-0.39, 0.29) is 12.1 Å². The first-order valence-electron chi connectivity index (χ1n) is 6.95. The van der Waals surface area contributed by atoms with Gasteiger partial charge in [-0.3, -0.25) is 4.90 Å². The quantitative estimate of drug-likeness (QED) is 0.879. The fourth-order valence-electron chi connectivity index (χ4n) is 2.44. The summed E-state index contributed by atoms with van der Waals surface area (Å²) in [6.07, 6.45) is 0.882. The minimum atomic E-state index is 0.0125. The predicted octanol–water partition coefficient (Wildman–Crippen LogP) is 2.79. The molecular weight excluding hydrogens is 254 g/mol. The summed E-state index contributed by atoms with van der Waals surface area (Å²) in [5.41, 5.74) is 7.18. The standard InChI is InChI=1S/C15H23N3O2/c1-5-13(16)15(14-7-6-10(2)19-14)18(4)9-12-8-11(3)20-17-12/h6-8,13,15H,5,9,16H2,1-4H3. The number of likely N-dealkylation sites (N-methyl/N-ethyl adjacent to an activating group) is 1. The number of aryl methyl sites for hydroxylation is 2. The van der Waals surface area contributed by atoms with Gasteiger partial charge in [0.1, 0.15) is 17.3 Å². The lowest BCUT2D eigenvalue weighted by atomic mass is 10.0. The van der Waals surface area contributed by atoms with E-state index in [0.717, 1.165) is 29.4 Å². The van der Waals surface area contributed by atoms with Crippen LogP contribution < -0.4 is 5.73 Å². The van der Waals surface area contributed by atoms with E-state index in [1.165, 1.54) is 0 Å². The van der Waals surface area contributed by atoms with Crippen LogP contribution in [0.1, 0.15) is 42.4 Å². The Labute approximate surface area is 119 Å². The Bertz CT molecular complexity index is 547. The molecular formula is C15H23N3O2. The van der Waals surface area contributed by atoms with Gasteiger partial charge in [-0.25, -0.2) is 0 Å². The molecule has 0 radical (unpaired) electrons. The van der Waals surface area contributed by atoms with Crippen molar-refractivity contribution in [2.24, 2.45) is 5.73 Å². The van der Waals surface area contributed by atoms with E-state index in [1.54, 1.807) is 0 Å². The number of rotatable bonds is 6. The fourth-order valence-corrected chi connectivity index (χ4v) is 2.44. The summed E-state index contributed by atoms with van der Waals surface area (Å²) in [5.74, 6) is 2.62. The molecule has 2 aromatic rings. The zero-order valence-electron chi connectivity index (χ0n) is 12.6. The van der Waals surface area contributed by atoms with Crippen molar-refractivity contribution in [3.63, 3.8) is 0 Å². The number of hydrogen-bond donors (Lipinski definition) is 1. The van der Waals surface area contributed by atoms with E-state index in [2.05, 4.69) is 17.0 Å². The van der Waals surface area contributed by atoms with Crippen molar-refractivity contribution in [1.29, 1.82) is 0 Å². The van der Waals surface area contributed by atoms with Gasteiger partial charge in [0.15, 0.2) is 0 Å². The van der Waals surface area contributed by atoms with Crippen LogP contribution in [0.25, 0.3) is 0 Å². The molecule has 2 unspecified atom stereocenters. The van der Waals surface area contributed by atoms with Gasteiger partial charge in [-0.05, 0) is 39.4 Å². The van der Waals surface area contributed by atoms with Crippen LogP contribution in [-0.4, -0.2) is 23.1 Å². The SMILES string of the molecule is CCC(N)C(c1ccc(C)o1)N(C)Cc1cc(C)on1. The van der Waals surface area contributed by atoms with E-state index in [9.17, 15) is 0 Å². The van der Waals surface area contributed by atoms with E-state index in [1.807, 2.05) is 39.1 Å². The second-order valence-electron chi connectivity index (χ2n) is 5.31. The van der Waals surface area contributed by atoms with Crippen molar-refractivity contribution >= 4 is 0 Å². The number of aromatic nitrogens is 1. The first-order chi connectivity index (χ1) is 9.51. The summed E-state index contributed by atoms with van der Waals surface area (Å²) in [4.78, 5) is 2.16. The van der Waals surface area contributed by atoms with Crippen LogP contribution in [0.4, 0.5) is 0 Å². The van der Waals surface area contributed by atoms with Gasteiger partial charge in [0.25, 0.3) is 0 Å². The average molecular weight is 277 g/mol. The maximum Gasteiger partial charge on any atom is 0.133 e. The van der Waals surface area contributed by atoms with Crippen LogP contribution in [0.5, 0.6) is 0 Å². The highest BCUT2D eigenvalue weighted by Gasteiger charge is 2.26.